The van der Waals surface area contributed by atoms with Gasteiger partial charge in [0.05, 0.1) is 6.61 Å². The topological polar surface area (TPSA) is 26.3 Å². The molecular weight excluding hydrogens is 717 g/mol. The Morgan fingerprint density at radius 3 is 0.559 bits per heavy atom. The number of ether oxygens (including phenoxy) is 1. The molecule has 0 rings (SSSR count). The van der Waals surface area contributed by atoms with Crippen molar-refractivity contribution >= 4 is 5.97 Å². The summed E-state index contributed by atoms with van der Waals surface area (Å²) in [5.41, 5.74) is 0. The molecular formula is C57H114O2. The lowest BCUT2D eigenvalue weighted by molar-refractivity contribution is -0.143. The normalized spacial score (nSPS) is 11.6. The predicted molar refractivity (Wildman–Crippen MR) is 267 cm³/mol. The molecule has 0 radical (unpaired) electrons. The molecule has 0 spiro atoms. The molecule has 0 aromatic heterocycles. The van der Waals surface area contributed by atoms with Gasteiger partial charge >= 0.3 is 5.97 Å². The summed E-state index contributed by atoms with van der Waals surface area (Å²) >= 11 is 0. The van der Waals surface area contributed by atoms with E-state index in [9.17, 15) is 4.79 Å². The van der Waals surface area contributed by atoms with Crippen LogP contribution in [0, 0.1) is 0 Å². The Hall–Kier alpha value is -0.530. The first-order valence-electron chi connectivity index (χ1n) is 28.5. The smallest absolute Gasteiger partial charge is 0.305 e. The van der Waals surface area contributed by atoms with E-state index in [4.69, 9.17) is 4.74 Å². The van der Waals surface area contributed by atoms with E-state index in [1.807, 2.05) is 0 Å². The number of unbranched alkanes of at least 4 members (excludes halogenated alkanes) is 50. The number of rotatable bonds is 54. The van der Waals surface area contributed by atoms with Gasteiger partial charge in [0.15, 0.2) is 0 Å². The lowest BCUT2D eigenvalue weighted by atomic mass is 10.0. The molecule has 0 saturated heterocycles. The van der Waals surface area contributed by atoms with Crippen LogP contribution in [0.4, 0.5) is 0 Å². The van der Waals surface area contributed by atoms with Crippen LogP contribution < -0.4 is 0 Å². The zero-order valence-electron chi connectivity index (χ0n) is 41.5. The average molecular weight is 832 g/mol. The second kappa shape index (κ2) is 55.5. The van der Waals surface area contributed by atoms with Gasteiger partial charge in [-0.2, -0.15) is 0 Å². The highest BCUT2D eigenvalue weighted by Gasteiger charge is 2.03. The van der Waals surface area contributed by atoms with Gasteiger partial charge in [-0.15, -0.1) is 0 Å². The third-order valence-electron chi connectivity index (χ3n) is 13.5. The van der Waals surface area contributed by atoms with Crippen molar-refractivity contribution in [2.75, 3.05) is 6.61 Å². The maximum absolute atomic E-state index is 12.1. The second-order valence-electron chi connectivity index (χ2n) is 19.6. The monoisotopic (exact) mass is 831 g/mol. The fourth-order valence-electron chi connectivity index (χ4n) is 9.26. The van der Waals surface area contributed by atoms with Crippen LogP contribution in [0.2, 0.25) is 0 Å². The summed E-state index contributed by atoms with van der Waals surface area (Å²) in [4.78, 5) is 12.1. The highest BCUT2D eigenvalue weighted by Crippen LogP contribution is 2.18. The Labute approximate surface area is 374 Å². The van der Waals surface area contributed by atoms with Crippen LogP contribution in [0.25, 0.3) is 0 Å². The van der Waals surface area contributed by atoms with Crippen LogP contribution in [-0.2, 0) is 9.53 Å². The first kappa shape index (κ1) is 58.5. The van der Waals surface area contributed by atoms with Crippen LogP contribution >= 0.6 is 0 Å². The third kappa shape index (κ3) is 55.5. The van der Waals surface area contributed by atoms with E-state index in [2.05, 4.69) is 13.8 Å². The summed E-state index contributed by atoms with van der Waals surface area (Å²) in [6.45, 7) is 5.24. The summed E-state index contributed by atoms with van der Waals surface area (Å²) in [7, 11) is 0. The number of hydrogen-bond donors (Lipinski definition) is 0. The quantitative estimate of drug-likeness (QED) is 0.0451. The van der Waals surface area contributed by atoms with E-state index >= 15 is 0 Å². The standard InChI is InChI=1S/C57H114O2/c1-3-5-7-9-11-13-15-17-19-21-23-24-25-26-27-28-29-30-31-32-33-34-35-36-37-38-39-41-43-45-47-49-51-53-55-57(58)59-56-54-52-50-48-46-44-42-40-22-20-18-16-14-12-10-8-6-4-2/h3-56H2,1-2H3. The van der Waals surface area contributed by atoms with Gasteiger partial charge in [0.1, 0.15) is 0 Å². The molecule has 0 aliphatic rings. The lowest BCUT2D eigenvalue weighted by Gasteiger charge is -2.06. The summed E-state index contributed by atoms with van der Waals surface area (Å²) in [6.07, 6.45) is 74.3. The maximum Gasteiger partial charge on any atom is 0.305 e. The fraction of sp³-hybridized carbons (Fsp3) is 0.982. The van der Waals surface area contributed by atoms with Crippen molar-refractivity contribution in [3.8, 4) is 0 Å². The van der Waals surface area contributed by atoms with Crippen LogP contribution in [-0.4, -0.2) is 12.6 Å². The molecule has 0 amide bonds. The van der Waals surface area contributed by atoms with Crippen molar-refractivity contribution in [1.82, 2.24) is 0 Å². The van der Waals surface area contributed by atoms with E-state index in [-0.39, 0.29) is 5.97 Å². The minimum absolute atomic E-state index is 0.0351. The molecule has 354 valence electrons. The highest BCUT2D eigenvalue weighted by molar-refractivity contribution is 5.69. The Kier molecular flexibility index (Phi) is 55.0. The van der Waals surface area contributed by atoms with Gasteiger partial charge in [0, 0.05) is 6.42 Å². The molecule has 0 aromatic carbocycles. The molecule has 0 heterocycles. The molecule has 0 saturated carbocycles. The molecule has 0 fully saturated rings. The molecule has 2 nitrogen and oxygen atoms in total. The summed E-state index contributed by atoms with van der Waals surface area (Å²) < 4.78 is 5.50. The molecule has 0 unspecified atom stereocenters. The molecule has 0 aromatic rings. The van der Waals surface area contributed by atoms with E-state index in [0.717, 1.165) is 12.8 Å². The largest absolute Gasteiger partial charge is 0.466 e. The number of carbonyl (C=O) groups excluding carboxylic acids is 1. The van der Waals surface area contributed by atoms with Crippen molar-refractivity contribution in [1.29, 1.82) is 0 Å². The summed E-state index contributed by atoms with van der Waals surface area (Å²) in [6, 6.07) is 0. The first-order valence-corrected chi connectivity index (χ1v) is 28.5. The molecule has 0 N–H and O–H groups in total. The van der Waals surface area contributed by atoms with Crippen molar-refractivity contribution in [3.05, 3.63) is 0 Å². The number of carbonyl (C=O) groups is 1. The van der Waals surface area contributed by atoms with Gasteiger partial charge in [0.25, 0.3) is 0 Å². The molecule has 0 atom stereocenters. The number of hydrogen-bond acceptors (Lipinski definition) is 2. The summed E-state index contributed by atoms with van der Waals surface area (Å²) in [5, 5.41) is 0. The van der Waals surface area contributed by atoms with Crippen LogP contribution in [0.3, 0.4) is 0 Å². The van der Waals surface area contributed by atoms with Crippen LogP contribution in [0.5, 0.6) is 0 Å². The lowest BCUT2D eigenvalue weighted by Crippen LogP contribution is -2.05. The summed E-state index contributed by atoms with van der Waals surface area (Å²) in [5.74, 6) is 0.0351. The first-order chi connectivity index (χ1) is 29.3. The van der Waals surface area contributed by atoms with Crippen molar-refractivity contribution in [2.45, 2.75) is 354 Å². The third-order valence-corrected chi connectivity index (χ3v) is 13.5. The molecule has 0 aliphatic heterocycles. The average Bonchev–Trinajstić information content (AvgIpc) is 3.24. The maximum atomic E-state index is 12.1. The number of esters is 1. The van der Waals surface area contributed by atoms with Crippen LogP contribution in [0.15, 0.2) is 0 Å². The van der Waals surface area contributed by atoms with E-state index in [1.165, 1.54) is 321 Å². The van der Waals surface area contributed by atoms with Crippen molar-refractivity contribution in [3.63, 3.8) is 0 Å². The zero-order valence-corrected chi connectivity index (χ0v) is 41.5. The Morgan fingerprint density at radius 2 is 0.373 bits per heavy atom. The van der Waals surface area contributed by atoms with Gasteiger partial charge in [-0.1, -0.05) is 335 Å². The minimum Gasteiger partial charge on any atom is -0.466 e. The van der Waals surface area contributed by atoms with Crippen molar-refractivity contribution in [2.24, 2.45) is 0 Å². The Balaban J connectivity index is 3.13. The van der Waals surface area contributed by atoms with Gasteiger partial charge in [-0.3, -0.25) is 4.79 Å². The molecule has 59 heavy (non-hydrogen) atoms. The van der Waals surface area contributed by atoms with Gasteiger partial charge in [-0.05, 0) is 12.8 Å². The van der Waals surface area contributed by atoms with Gasteiger partial charge in [-0.25, -0.2) is 0 Å². The highest BCUT2D eigenvalue weighted by atomic mass is 16.5. The Morgan fingerprint density at radius 1 is 0.220 bits per heavy atom. The minimum atomic E-state index is 0.0351. The predicted octanol–water partition coefficient (Wildman–Crippen LogP) is 21.2. The zero-order chi connectivity index (χ0) is 42.5. The van der Waals surface area contributed by atoms with Crippen molar-refractivity contribution < 1.29 is 9.53 Å². The SMILES string of the molecule is CCCCCCCCCCCCCCCCCCCCCCCCCCCCCCCCCCCCC(=O)OCCCCCCCCCCCCCCCCCCCC. The fourth-order valence-corrected chi connectivity index (χ4v) is 9.26. The second-order valence-corrected chi connectivity index (χ2v) is 19.6. The molecule has 0 bridgehead atoms. The molecule has 0 aliphatic carbocycles. The van der Waals surface area contributed by atoms with Crippen LogP contribution in [0.1, 0.15) is 354 Å². The van der Waals surface area contributed by atoms with E-state index in [1.54, 1.807) is 0 Å². The van der Waals surface area contributed by atoms with E-state index in [0.29, 0.717) is 13.0 Å². The molecule has 2 heteroatoms. The van der Waals surface area contributed by atoms with E-state index < -0.39 is 0 Å². The van der Waals surface area contributed by atoms with Gasteiger partial charge in [0.2, 0.25) is 0 Å². The van der Waals surface area contributed by atoms with Gasteiger partial charge < -0.3 is 4.74 Å². The Bertz CT molecular complexity index is 732.